The van der Waals surface area contributed by atoms with E-state index in [1.54, 1.807) is 0 Å². The van der Waals surface area contributed by atoms with Gasteiger partial charge in [0.1, 0.15) is 12.3 Å². The van der Waals surface area contributed by atoms with Crippen LogP contribution in [-0.2, 0) is 9.53 Å². The number of carbonyl (C=O) groups excluding carboxylic acids is 1. The summed E-state index contributed by atoms with van der Waals surface area (Å²) in [6.07, 6.45) is 1.34. The maximum Gasteiger partial charge on any atom is 0.323 e. The van der Waals surface area contributed by atoms with Gasteiger partial charge in [-0.1, -0.05) is 30.3 Å². The molecule has 0 saturated carbocycles. The molecule has 1 saturated heterocycles. The van der Waals surface area contributed by atoms with E-state index in [1.165, 1.54) is 12.7 Å². The van der Waals surface area contributed by atoms with Crippen molar-refractivity contribution in [3.8, 4) is 0 Å². The quantitative estimate of drug-likeness (QED) is 0.617. The molecule has 122 valence electrons. The van der Waals surface area contributed by atoms with E-state index in [-0.39, 0.29) is 24.0 Å². The van der Waals surface area contributed by atoms with Crippen LogP contribution in [0.5, 0.6) is 0 Å². The molecule has 1 aliphatic rings. The molecular formula is C17H26N2O3. The summed E-state index contributed by atoms with van der Waals surface area (Å²) in [4.78, 5) is 14.5. The van der Waals surface area contributed by atoms with Crippen LogP contribution in [0.3, 0.4) is 0 Å². The van der Waals surface area contributed by atoms with E-state index in [2.05, 4.69) is 24.0 Å². The van der Waals surface area contributed by atoms with E-state index in [0.717, 1.165) is 19.4 Å². The van der Waals surface area contributed by atoms with Gasteiger partial charge >= 0.3 is 5.97 Å². The van der Waals surface area contributed by atoms with Crippen molar-refractivity contribution in [1.29, 1.82) is 0 Å². The fourth-order valence-electron chi connectivity index (χ4n) is 3.38. The number of aliphatic hydroxyl groups excluding tert-OH is 1. The van der Waals surface area contributed by atoms with Crippen molar-refractivity contribution >= 4 is 5.97 Å². The highest BCUT2D eigenvalue weighted by molar-refractivity contribution is 5.76. The van der Waals surface area contributed by atoms with Crippen LogP contribution < -0.4 is 5.73 Å². The number of carbonyl (C=O) groups is 1. The van der Waals surface area contributed by atoms with E-state index >= 15 is 0 Å². The van der Waals surface area contributed by atoms with Crippen LogP contribution in [0.2, 0.25) is 0 Å². The van der Waals surface area contributed by atoms with Crippen molar-refractivity contribution in [2.75, 3.05) is 13.7 Å². The summed E-state index contributed by atoms with van der Waals surface area (Å²) >= 11 is 0. The van der Waals surface area contributed by atoms with E-state index in [9.17, 15) is 9.90 Å². The third kappa shape index (κ3) is 3.85. The Morgan fingerprint density at radius 2 is 2.14 bits per heavy atom. The Kier molecular flexibility index (Phi) is 5.94. The van der Waals surface area contributed by atoms with Crippen LogP contribution in [-0.4, -0.2) is 41.9 Å². The molecule has 3 unspecified atom stereocenters. The lowest BCUT2D eigenvalue weighted by atomic mass is 9.93. The van der Waals surface area contributed by atoms with Crippen molar-refractivity contribution in [2.45, 2.75) is 44.5 Å². The molecular weight excluding hydrogens is 280 g/mol. The van der Waals surface area contributed by atoms with Gasteiger partial charge in [0.15, 0.2) is 0 Å². The summed E-state index contributed by atoms with van der Waals surface area (Å²) in [7, 11) is 1.43. The lowest BCUT2D eigenvalue weighted by molar-refractivity contribution is -0.148. The summed E-state index contributed by atoms with van der Waals surface area (Å²) in [5.41, 5.74) is 6.63. The molecule has 5 heteroatoms. The van der Waals surface area contributed by atoms with Gasteiger partial charge in [-0.25, -0.2) is 0 Å². The van der Waals surface area contributed by atoms with Crippen LogP contribution >= 0.6 is 0 Å². The second kappa shape index (κ2) is 7.72. The van der Waals surface area contributed by atoms with Crippen molar-refractivity contribution < 1.29 is 14.6 Å². The van der Waals surface area contributed by atoms with Crippen LogP contribution in [0.1, 0.15) is 37.8 Å². The number of nitrogens with two attached hydrogens (primary N) is 1. The number of ether oxygens (including phenoxy) is 1. The zero-order valence-corrected chi connectivity index (χ0v) is 13.3. The molecule has 1 aromatic carbocycles. The van der Waals surface area contributed by atoms with Crippen LogP contribution in [0.4, 0.5) is 0 Å². The molecule has 0 aromatic heterocycles. The van der Waals surface area contributed by atoms with Crippen molar-refractivity contribution in [1.82, 2.24) is 4.90 Å². The standard InChI is InChI=1S/C17H26N2O3/c1-12(13-6-4-3-5-7-13)19-11-10-14(8-9-15(18)20)16(19)17(21)22-2/h3-7,12,14-16,20H,8-11,18H2,1-2H3/t12?,14?,15?,16-/m0/s1. The molecule has 1 heterocycles. The van der Waals surface area contributed by atoms with E-state index < -0.39 is 6.23 Å². The number of rotatable bonds is 6. The Labute approximate surface area is 132 Å². The van der Waals surface area contributed by atoms with E-state index in [0.29, 0.717) is 6.42 Å². The largest absolute Gasteiger partial charge is 0.468 e. The Bertz CT molecular complexity index is 478. The van der Waals surface area contributed by atoms with Gasteiger partial charge < -0.3 is 15.6 Å². The third-order valence-electron chi connectivity index (χ3n) is 4.62. The van der Waals surface area contributed by atoms with Gasteiger partial charge in [0.2, 0.25) is 0 Å². The smallest absolute Gasteiger partial charge is 0.323 e. The summed E-state index contributed by atoms with van der Waals surface area (Å²) in [5, 5.41) is 9.30. The monoisotopic (exact) mass is 306 g/mol. The normalized spacial score (nSPS) is 24.9. The number of methoxy groups -OCH3 is 1. The minimum absolute atomic E-state index is 0.151. The highest BCUT2D eigenvalue weighted by Gasteiger charge is 2.42. The Morgan fingerprint density at radius 1 is 1.45 bits per heavy atom. The first-order chi connectivity index (χ1) is 10.5. The average molecular weight is 306 g/mol. The Morgan fingerprint density at radius 3 is 2.73 bits per heavy atom. The van der Waals surface area contributed by atoms with Gasteiger partial charge in [-0.15, -0.1) is 0 Å². The molecule has 1 aromatic rings. The molecule has 2 rings (SSSR count). The number of esters is 1. The lowest BCUT2D eigenvalue weighted by Gasteiger charge is -2.31. The van der Waals surface area contributed by atoms with Crippen LogP contribution in [0.25, 0.3) is 0 Å². The molecule has 0 spiro atoms. The minimum Gasteiger partial charge on any atom is -0.468 e. The topological polar surface area (TPSA) is 75.8 Å². The molecule has 22 heavy (non-hydrogen) atoms. The van der Waals surface area contributed by atoms with Gasteiger partial charge in [0.25, 0.3) is 0 Å². The Balaban J connectivity index is 2.14. The van der Waals surface area contributed by atoms with Gasteiger partial charge in [-0.2, -0.15) is 0 Å². The molecule has 3 N–H and O–H groups in total. The summed E-state index contributed by atoms with van der Waals surface area (Å²) < 4.78 is 5.01. The maximum absolute atomic E-state index is 12.3. The molecule has 1 fully saturated rings. The van der Waals surface area contributed by atoms with E-state index in [4.69, 9.17) is 10.5 Å². The number of nitrogens with zero attached hydrogens (tertiary/aromatic N) is 1. The molecule has 0 bridgehead atoms. The van der Waals surface area contributed by atoms with Crippen molar-refractivity contribution in [2.24, 2.45) is 11.7 Å². The number of hydrogen-bond donors (Lipinski definition) is 2. The molecule has 4 atom stereocenters. The first kappa shape index (κ1) is 16.9. The number of likely N-dealkylation sites (tertiary alicyclic amines) is 1. The maximum atomic E-state index is 12.3. The van der Waals surface area contributed by atoms with Gasteiger partial charge in [-0.3, -0.25) is 9.69 Å². The average Bonchev–Trinajstić information content (AvgIpc) is 2.96. The van der Waals surface area contributed by atoms with Gasteiger partial charge in [0, 0.05) is 6.04 Å². The first-order valence-corrected chi connectivity index (χ1v) is 7.86. The molecule has 0 radical (unpaired) electrons. The predicted octanol–water partition coefficient (Wildman–Crippen LogP) is 1.67. The molecule has 0 amide bonds. The second-order valence-electron chi connectivity index (χ2n) is 5.99. The highest BCUT2D eigenvalue weighted by Crippen LogP contribution is 2.35. The van der Waals surface area contributed by atoms with Gasteiger partial charge in [0.05, 0.1) is 7.11 Å². The molecule has 5 nitrogen and oxygen atoms in total. The number of benzene rings is 1. The van der Waals surface area contributed by atoms with Crippen molar-refractivity contribution in [3.05, 3.63) is 35.9 Å². The third-order valence-corrected chi connectivity index (χ3v) is 4.62. The minimum atomic E-state index is -0.820. The van der Waals surface area contributed by atoms with Crippen LogP contribution in [0.15, 0.2) is 30.3 Å². The summed E-state index contributed by atoms with van der Waals surface area (Å²) in [5.74, 6) is -0.0198. The first-order valence-electron chi connectivity index (χ1n) is 7.86. The Hall–Kier alpha value is -1.43. The van der Waals surface area contributed by atoms with E-state index in [1.807, 2.05) is 18.2 Å². The highest BCUT2D eigenvalue weighted by atomic mass is 16.5. The number of hydrogen-bond acceptors (Lipinski definition) is 5. The zero-order chi connectivity index (χ0) is 16.1. The number of aliphatic hydroxyl groups is 1. The molecule has 1 aliphatic heterocycles. The predicted molar refractivity (Wildman–Crippen MR) is 84.9 cm³/mol. The summed E-state index contributed by atoms with van der Waals surface area (Å²) in [6, 6.07) is 10.1. The van der Waals surface area contributed by atoms with Gasteiger partial charge in [-0.05, 0) is 44.2 Å². The second-order valence-corrected chi connectivity index (χ2v) is 5.99. The van der Waals surface area contributed by atoms with Crippen LogP contribution in [0, 0.1) is 5.92 Å². The lowest BCUT2D eigenvalue weighted by Crippen LogP contribution is -2.42. The zero-order valence-electron chi connectivity index (χ0n) is 13.3. The SMILES string of the molecule is COC(=O)[C@@H]1C(CCC(N)O)CCN1C(C)c1ccccc1. The fraction of sp³-hybridized carbons (Fsp3) is 0.588. The molecule has 0 aliphatic carbocycles. The summed E-state index contributed by atoms with van der Waals surface area (Å²) in [6.45, 7) is 2.96. The fourth-order valence-corrected chi connectivity index (χ4v) is 3.38. The van der Waals surface area contributed by atoms with Crippen molar-refractivity contribution in [3.63, 3.8) is 0 Å².